The van der Waals surface area contributed by atoms with Gasteiger partial charge in [-0.1, -0.05) is 43.7 Å². The van der Waals surface area contributed by atoms with Crippen LogP contribution in [0.25, 0.3) is 0 Å². The Hall–Kier alpha value is -1.84. The SMILES string of the molecule is CC(=O)NCCCNC(=O)CC(c1ccc(C)cc1)C(C)C. The summed E-state index contributed by atoms with van der Waals surface area (Å²) in [6.07, 6.45) is 1.25. The molecule has 2 N–H and O–H groups in total. The molecule has 0 spiro atoms. The first kappa shape index (κ1) is 18.2. The lowest BCUT2D eigenvalue weighted by molar-refractivity contribution is -0.121. The number of carbonyl (C=O) groups excluding carboxylic acids is 2. The summed E-state index contributed by atoms with van der Waals surface area (Å²) in [5.41, 5.74) is 2.45. The molecule has 22 heavy (non-hydrogen) atoms. The molecule has 0 aliphatic carbocycles. The highest BCUT2D eigenvalue weighted by Crippen LogP contribution is 2.28. The van der Waals surface area contributed by atoms with Crippen LogP contribution in [0.1, 0.15) is 50.7 Å². The van der Waals surface area contributed by atoms with Crippen molar-refractivity contribution in [3.8, 4) is 0 Å². The molecule has 1 rings (SSSR count). The molecule has 4 heteroatoms. The number of rotatable bonds is 8. The van der Waals surface area contributed by atoms with Crippen LogP contribution in [-0.2, 0) is 9.59 Å². The zero-order chi connectivity index (χ0) is 16.5. The summed E-state index contributed by atoms with van der Waals surface area (Å²) in [5.74, 6) is 0.677. The number of aryl methyl sites for hydroxylation is 1. The number of amides is 2. The summed E-state index contributed by atoms with van der Waals surface area (Å²) in [5, 5.41) is 5.65. The molecule has 0 fully saturated rings. The molecule has 0 radical (unpaired) electrons. The average molecular weight is 304 g/mol. The summed E-state index contributed by atoms with van der Waals surface area (Å²) in [6.45, 7) is 9.05. The van der Waals surface area contributed by atoms with Crippen molar-refractivity contribution in [2.75, 3.05) is 13.1 Å². The van der Waals surface area contributed by atoms with E-state index < -0.39 is 0 Å². The fraction of sp³-hybridized carbons (Fsp3) is 0.556. The van der Waals surface area contributed by atoms with E-state index in [-0.39, 0.29) is 17.7 Å². The molecule has 2 amide bonds. The van der Waals surface area contributed by atoms with Crippen LogP contribution < -0.4 is 10.6 Å². The van der Waals surface area contributed by atoms with Gasteiger partial charge in [0.2, 0.25) is 11.8 Å². The predicted molar refractivity (Wildman–Crippen MR) is 89.7 cm³/mol. The molecule has 1 aromatic carbocycles. The Bertz CT molecular complexity index is 480. The monoisotopic (exact) mass is 304 g/mol. The predicted octanol–water partition coefficient (Wildman–Crippen LogP) is 2.77. The molecular weight excluding hydrogens is 276 g/mol. The molecule has 0 heterocycles. The van der Waals surface area contributed by atoms with Crippen LogP contribution in [0.3, 0.4) is 0 Å². The molecular formula is C18H28N2O2. The van der Waals surface area contributed by atoms with Crippen LogP contribution in [0.2, 0.25) is 0 Å². The molecule has 122 valence electrons. The number of hydrogen-bond donors (Lipinski definition) is 2. The standard InChI is InChI=1S/C18H28N2O2/c1-13(2)17(16-8-6-14(3)7-9-16)12-18(22)20-11-5-10-19-15(4)21/h6-9,13,17H,5,10-12H2,1-4H3,(H,19,21)(H,20,22). The minimum Gasteiger partial charge on any atom is -0.356 e. The third-order valence-electron chi connectivity index (χ3n) is 3.77. The van der Waals surface area contributed by atoms with Gasteiger partial charge < -0.3 is 10.6 Å². The Morgan fingerprint density at radius 3 is 2.18 bits per heavy atom. The highest BCUT2D eigenvalue weighted by molar-refractivity contribution is 5.77. The topological polar surface area (TPSA) is 58.2 Å². The molecule has 0 saturated carbocycles. The highest BCUT2D eigenvalue weighted by Gasteiger charge is 2.19. The lowest BCUT2D eigenvalue weighted by atomic mass is 9.85. The number of benzene rings is 1. The van der Waals surface area contributed by atoms with E-state index in [1.165, 1.54) is 18.1 Å². The minimum atomic E-state index is -0.0365. The van der Waals surface area contributed by atoms with E-state index in [1.54, 1.807) is 0 Å². The van der Waals surface area contributed by atoms with Crippen molar-refractivity contribution in [3.63, 3.8) is 0 Å². The summed E-state index contributed by atoms with van der Waals surface area (Å²) < 4.78 is 0. The fourth-order valence-electron chi connectivity index (χ4n) is 2.40. The highest BCUT2D eigenvalue weighted by atomic mass is 16.2. The van der Waals surface area contributed by atoms with Gasteiger partial charge in [0.15, 0.2) is 0 Å². The van der Waals surface area contributed by atoms with Gasteiger partial charge in [-0.15, -0.1) is 0 Å². The van der Waals surface area contributed by atoms with Gasteiger partial charge in [-0.2, -0.15) is 0 Å². The maximum Gasteiger partial charge on any atom is 0.220 e. The largest absolute Gasteiger partial charge is 0.356 e. The van der Waals surface area contributed by atoms with Gasteiger partial charge in [0.1, 0.15) is 0 Å². The van der Waals surface area contributed by atoms with E-state index in [9.17, 15) is 9.59 Å². The van der Waals surface area contributed by atoms with Gasteiger partial charge in [-0.25, -0.2) is 0 Å². The smallest absolute Gasteiger partial charge is 0.220 e. The first-order valence-electron chi connectivity index (χ1n) is 7.98. The third-order valence-corrected chi connectivity index (χ3v) is 3.77. The molecule has 4 nitrogen and oxygen atoms in total. The van der Waals surface area contributed by atoms with Crippen LogP contribution in [-0.4, -0.2) is 24.9 Å². The van der Waals surface area contributed by atoms with E-state index in [4.69, 9.17) is 0 Å². The van der Waals surface area contributed by atoms with Crippen molar-refractivity contribution in [1.82, 2.24) is 10.6 Å². The molecule has 0 bridgehead atoms. The Morgan fingerprint density at radius 2 is 1.64 bits per heavy atom. The fourth-order valence-corrected chi connectivity index (χ4v) is 2.40. The van der Waals surface area contributed by atoms with Gasteiger partial charge in [0, 0.05) is 26.4 Å². The lowest BCUT2D eigenvalue weighted by Crippen LogP contribution is -2.30. The van der Waals surface area contributed by atoms with Crippen molar-refractivity contribution in [2.45, 2.75) is 46.5 Å². The van der Waals surface area contributed by atoms with Gasteiger partial charge in [-0.05, 0) is 30.7 Å². The number of nitrogens with one attached hydrogen (secondary N) is 2. The maximum absolute atomic E-state index is 12.1. The van der Waals surface area contributed by atoms with Gasteiger partial charge >= 0.3 is 0 Å². The molecule has 0 saturated heterocycles. The van der Waals surface area contributed by atoms with Crippen molar-refractivity contribution in [2.24, 2.45) is 5.92 Å². The summed E-state index contributed by atoms with van der Waals surface area (Å²) >= 11 is 0. The quantitative estimate of drug-likeness (QED) is 0.726. The molecule has 0 aliphatic heterocycles. The van der Waals surface area contributed by atoms with E-state index in [0.717, 1.165) is 6.42 Å². The van der Waals surface area contributed by atoms with Crippen LogP contribution in [0, 0.1) is 12.8 Å². The number of hydrogen-bond acceptors (Lipinski definition) is 2. The summed E-state index contributed by atoms with van der Waals surface area (Å²) in [6, 6.07) is 8.42. The number of carbonyl (C=O) groups is 2. The van der Waals surface area contributed by atoms with Crippen LogP contribution in [0.4, 0.5) is 0 Å². The zero-order valence-electron chi connectivity index (χ0n) is 14.1. The molecule has 1 unspecified atom stereocenters. The van der Waals surface area contributed by atoms with Gasteiger partial charge in [-0.3, -0.25) is 9.59 Å². The van der Waals surface area contributed by atoms with Gasteiger partial charge in [0.05, 0.1) is 0 Å². The first-order chi connectivity index (χ1) is 10.4. The first-order valence-corrected chi connectivity index (χ1v) is 7.98. The second-order valence-corrected chi connectivity index (χ2v) is 6.15. The van der Waals surface area contributed by atoms with Crippen molar-refractivity contribution in [3.05, 3.63) is 35.4 Å². The zero-order valence-corrected chi connectivity index (χ0v) is 14.1. The minimum absolute atomic E-state index is 0.0365. The van der Waals surface area contributed by atoms with Crippen LogP contribution >= 0.6 is 0 Å². The molecule has 0 aliphatic rings. The Morgan fingerprint density at radius 1 is 1.05 bits per heavy atom. The molecule has 1 atom stereocenters. The van der Waals surface area contributed by atoms with Gasteiger partial charge in [0.25, 0.3) is 0 Å². The molecule has 0 aromatic heterocycles. The Labute approximate surface area is 133 Å². The average Bonchev–Trinajstić information content (AvgIpc) is 2.45. The van der Waals surface area contributed by atoms with E-state index >= 15 is 0 Å². The van der Waals surface area contributed by atoms with E-state index in [2.05, 4.69) is 55.7 Å². The normalized spacial score (nSPS) is 12.0. The lowest BCUT2D eigenvalue weighted by Gasteiger charge is -2.21. The van der Waals surface area contributed by atoms with E-state index in [0.29, 0.717) is 25.4 Å². The Balaban J connectivity index is 2.44. The maximum atomic E-state index is 12.1. The second kappa shape index (κ2) is 9.23. The second-order valence-electron chi connectivity index (χ2n) is 6.15. The van der Waals surface area contributed by atoms with Crippen LogP contribution in [0.15, 0.2) is 24.3 Å². The van der Waals surface area contributed by atoms with E-state index in [1.807, 2.05) is 0 Å². The summed E-state index contributed by atoms with van der Waals surface area (Å²) in [4.78, 5) is 22.8. The Kier molecular flexibility index (Phi) is 7.64. The van der Waals surface area contributed by atoms with Crippen molar-refractivity contribution < 1.29 is 9.59 Å². The summed E-state index contributed by atoms with van der Waals surface area (Å²) in [7, 11) is 0. The van der Waals surface area contributed by atoms with Crippen molar-refractivity contribution in [1.29, 1.82) is 0 Å². The third kappa shape index (κ3) is 6.74. The van der Waals surface area contributed by atoms with Crippen molar-refractivity contribution >= 4 is 11.8 Å². The molecule has 1 aromatic rings. The van der Waals surface area contributed by atoms with Crippen LogP contribution in [0.5, 0.6) is 0 Å².